The molecule has 5 heteroatoms. The molecule has 0 aliphatic carbocycles. The summed E-state index contributed by atoms with van der Waals surface area (Å²) in [6, 6.07) is 5.77. The van der Waals surface area contributed by atoms with Crippen molar-refractivity contribution in [1.29, 1.82) is 0 Å². The van der Waals surface area contributed by atoms with Gasteiger partial charge in [-0.3, -0.25) is 14.3 Å². The third-order valence-electron chi connectivity index (χ3n) is 4.04. The lowest BCUT2D eigenvalue weighted by atomic mass is 10.0. The van der Waals surface area contributed by atoms with E-state index in [0.29, 0.717) is 18.5 Å². The Balaban J connectivity index is 1.95. The first-order chi connectivity index (χ1) is 10.0. The Bertz CT molecular complexity index is 746. The maximum Gasteiger partial charge on any atom is 0.299 e. The fourth-order valence-electron chi connectivity index (χ4n) is 2.85. The van der Waals surface area contributed by atoms with Gasteiger partial charge in [0, 0.05) is 31.9 Å². The van der Waals surface area contributed by atoms with Gasteiger partial charge in [-0.15, -0.1) is 0 Å². The monoisotopic (exact) mass is 283 g/mol. The number of amides is 1. The van der Waals surface area contributed by atoms with Crippen LogP contribution in [0.25, 0.3) is 0 Å². The second-order valence-electron chi connectivity index (χ2n) is 5.41. The Morgan fingerprint density at radius 3 is 2.48 bits per heavy atom. The molecule has 2 heterocycles. The molecule has 5 nitrogen and oxygen atoms in total. The van der Waals surface area contributed by atoms with E-state index in [-0.39, 0.29) is 0 Å². The van der Waals surface area contributed by atoms with Gasteiger partial charge < -0.3 is 4.90 Å². The molecule has 1 aromatic heterocycles. The van der Waals surface area contributed by atoms with Gasteiger partial charge in [-0.1, -0.05) is 12.1 Å². The first-order valence-corrected chi connectivity index (χ1v) is 6.94. The van der Waals surface area contributed by atoms with Crippen molar-refractivity contribution in [2.45, 2.75) is 20.3 Å². The van der Waals surface area contributed by atoms with E-state index in [4.69, 9.17) is 0 Å². The van der Waals surface area contributed by atoms with Crippen LogP contribution in [0.15, 0.2) is 24.4 Å². The van der Waals surface area contributed by atoms with Gasteiger partial charge in [-0.25, -0.2) is 0 Å². The van der Waals surface area contributed by atoms with Crippen LogP contribution >= 0.6 is 0 Å². The van der Waals surface area contributed by atoms with Crippen molar-refractivity contribution in [2.75, 3.05) is 11.4 Å². The molecule has 3 rings (SSSR count). The molecule has 0 saturated carbocycles. The quantitative estimate of drug-likeness (QED) is 0.807. The van der Waals surface area contributed by atoms with Crippen molar-refractivity contribution in [2.24, 2.45) is 7.05 Å². The molecule has 21 heavy (non-hydrogen) atoms. The second-order valence-corrected chi connectivity index (χ2v) is 5.41. The van der Waals surface area contributed by atoms with E-state index in [9.17, 15) is 9.59 Å². The Kier molecular flexibility index (Phi) is 3.12. The fourth-order valence-corrected chi connectivity index (χ4v) is 2.85. The number of carbonyl (C=O) groups excluding carboxylic acids is 2. The topological polar surface area (TPSA) is 55.2 Å². The van der Waals surface area contributed by atoms with E-state index >= 15 is 0 Å². The van der Waals surface area contributed by atoms with E-state index in [2.05, 4.69) is 5.10 Å². The van der Waals surface area contributed by atoms with E-state index in [1.54, 1.807) is 15.8 Å². The van der Waals surface area contributed by atoms with Gasteiger partial charge in [0.1, 0.15) is 0 Å². The normalized spacial score (nSPS) is 14.0. The molecule has 0 fully saturated rings. The maximum atomic E-state index is 12.3. The number of ketones is 1. The van der Waals surface area contributed by atoms with Crippen LogP contribution in [-0.4, -0.2) is 28.0 Å². The molecule has 0 bridgehead atoms. The predicted molar refractivity (Wildman–Crippen MR) is 79.5 cm³/mol. The van der Waals surface area contributed by atoms with Gasteiger partial charge in [0.25, 0.3) is 11.7 Å². The summed E-state index contributed by atoms with van der Waals surface area (Å²) in [5.74, 6) is -0.819. The van der Waals surface area contributed by atoms with E-state index < -0.39 is 11.7 Å². The summed E-state index contributed by atoms with van der Waals surface area (Å²) in [6.07, 6.45) is 2.40. The minimum absolute atomic E-state index is 0.392. The van der Waals surface area contributed by atoms with Crippen LogP contribution in [0.2, 0.25) is 0 Å². The van der Waals surface area contributed by atoms with Crippen LogP contribution in [0.4, 0.5) is 5.69 Å². The van der Waals surface area contributed by atoms with Gasteiger partial charge in [0.15, 0.2) is 0 Å². The lowest BCUT2D eigenvalue weighted by Gasteiger charge is -2.18. The number of benzene rings is 1. The minimum Gasteiger partial charge on any atom is -0.304 e. The number of Topliss-reactive ketones (excluding diaryl/α,β-unsaturated/α-hetero) is 1. The Labute approximate surface area is 123 Å². The molecule has 0 unspecified atom stereocenters. The van der Waals surface area contributed by atoms with Crippen molar-refractivity contribution >= 4 is 17.4 Å². The van der Waals surface area contributed by atoms with Gasteiger partial charge in [-0.2, -0.15) is 5.10 Å². The Morgan fingerprint density at radius 2 is 1.81 bits per heavy atom. The first-order valence-electron chi connectivity index (χ1n) is 6.94. The average molecular weight is 283 g/mol. The Morgan fingerprint density at radius 1 is 1.10 bits per heavy atom. The third-order valence-corrected chi connectivity index (χ3v) is 4.04. The largest absolute Gasteiger partial charge is 0.304 e. The SMILES string of the molecule is Cc1ccc(C)c2c1C(=O)C(=O)N2CCc1ccnn1C. The van der Waals surface area contributed by atoms with Crippen LogP contribution in [0.1, 0.15) is 27.2 Å². The van der Waals surface area contributed by atoms with Gasteiger partial charge in [0.05, 0.1) is 11.3 Å². The molecule has 108 valence electrons. The molecule has 0 radical (unpaired) electrons. The number of fused-ring (bicyclic) bond motifs is 1. The van der Waals surface area contributed by atoms with Crippen LogP contribution in [-0.2, 0) is 18.3 Å². The summed E-state index contributed by atoms with van der Waals surface area (Å²) < 4.78 is 1.78. The number of hydrogen-bond donors (Lipinski definition) is 0. The van der Waals surface area contributed by atoms with Crippen molar-refractivity contribution < 1.29 is 9.59 Å². The summed E-state index contributed by atoms with van der Waals surface area (Å²) in [6.45, 7) is 4.29. The highest BCUT2D eigenvalue weighted by Crippen LogP contribution is 2.34. The highest BCUT2D eigenvalue weighted by Gasteiger charge is 2.37. The van der Waals surface area contributed by atoms with Crippen molar-refractivity contribution in [3.63, 3.8) is 0 Å². The molecule has 1 aromatic carbocycles. The van der Waals surface area contributed by atoms with Crippen molar-refractivity contribution in [3.8, 4) is 0 Å². The summed E-state index contributed by atoms with van der Waals surface area (Å²) in [7, 11) is 1.87. The minimum atomic E-state index is -0.426. The van der Waals surface area contributed by atoms with Crippen LogP contribution in [0.3, 0.4) is 0 Å². The molecular formula is C16H17N3O2. The molecule has 0 atom stereocenters. The highest BCUT2D eigenvalue weighted by molar-refractivity contribution is 6.52. The van der Waals surface area contributed by atoms with E-state index in [1.165, 1.54) is 0 Å². The maximum absolute atomic E-state index is 12.3. The molecule has 0 spiro atoms. The summed E-state index contributed by atoms with van der Waals surface area (Å²) in [4.78, 5) is 26.1. The standard InChI is InChI=1S/C16H17N3O2/c1-10-4-5-11(2)14-13(10)15(20)16(21)19(14)9-7-12-6-8-17-18(12)3/h4-6,8H,7,9H2,1-3H3. The van der Waals surface area contributed by atoms with Crippen LogP contribution in [0, 0.1) is 13.8 Å². The summed E-state index contributed by atoms with van der Waals surface area (Å²) in [5.41, 5.74) is 4.18. The van der Waals surface area contributed by atoms with Gasteiger partial charge in [-0.05, 0) is 31.0 Å². The van der Waals surface area contributed by atoms with Gasteiger partial charge >= 0.3 is 0 Å². The number of rotatable bonds is 3. The smallest absolute Gasteiger partial charge is 0.299 e. The molecular weight excluding hydrogens is 266 g/mol. The van der Waals surface area contributed by atoms with E-state index in [0.717, 1.165) is 22.5 Å². The van der Waals surface area contributed by atoms with Crippen molar-refractivity contribution in [1.82, 2.24) is 9.78 Å². The van der Waals surface area contributed by atoms with Crippen LogP contribution < -0.4 is 4.90 Å². The molecule has 2 aromatic rings. The number of nitrogens with zero attached hydrogens (tertiary/aromatic N) is 3. The fraction of sp³-hybridized carbons (Fsp3) is 0.312. The summed E-state index contributed by atoms with van der Waals surface area (Å²) in [5, 5.41) is 4.12. The van der Waals surface area contributed by atoms with Crippen LogP contribution in [0.5, 0.6) is 0 Å². The molecule has 0 saturated heterocycles. The lowest BCUT2D eigenvalue weighted by Crippen LogP contribution is -2.32. The Hall–Kier alpha value is -2.43. The average Bonchev–Trinajstić information content (AvgIpc) is 2.97. The number of carbonyl (C=O) groups is 2. The predicted octanol–water partition coefficient (Wildman–Crippen LogP) is 1.81. The number of aryl methyl sites for hydroxylation is 3. The number of anilines is 1. The molecule has 1 aliphatic rings. The zero-order chi connectivity index (χ0) is 15.1. The molecule has 1 aliphatic heterocycles. The number of hydrogen-bond acceptors (Lipinski definition) is 3. The summed E-state index contributed by atoms with van der Waals surface area (Å²) >= 11 is 0. The third kappa shape index (κ3) is 2.05. The van der Waals surface area contributed by atoms with Crippen molar-refractivity contribution in [3.05, 3.63) is 46.8 Å². The zero-order valence-electron chi connectivity index (χ0n) is 12.4. The lowest BCUT2D eigenvalue weighted by molar-refractivity contribution is -0.114. The molecule has 1 amide bonds. The second kappa shape index (κ2) is 4.84. The molecule has 0 N–H and O–H groups in total. The van der Waals surface area contributed by atoms with E-state index in [1.807, 2.05) is 39.1 Å². The van der Waals surface area contributed by atoms with Gasteiger partial charge in [0.2, 0.25) is 0 Å². The zero-order valence-corrected chi connectivity index (χ0v) is 12.4. The number of aromatic nitrogens is 2. The highest BCUT2D eigenvalue weighted by atomic mass is 16.2. The first kappa shape index (κ1) is 13.5.